The fraction of sp³-hybridized carbons (Fsp3) is 0.200. The van der Waals surface area contributed by atoms with Crippen LogP contribution in [0.25, 0.3) is 0 Å². The zero-order valence-electron chi connectivity index (χ0n) is 8.29. The zero-order valence-corrected chi connectivity index (χ0v) is 8.29. The van der Waals surface area contributed by atoms with Gasteiger partial charge in [0.2, 0.25) is 0 Å². The number of rotatable bonds is 3. The molecule has 0 aliphatic rings. The van der Waals surface area contributed by atoms with Crippen molar-refractivity contribution in [1.82, 2.24) is 0 Å². The van der Waals surface area contributed by atoms with Gasteiger partial charge >= 0.3 is 5.97 Å². The Balaban J connectivity index is 3.14. The van der Waals surface area contributed by atoms with Gasteiger partial charge in [0, 0.05) is 12.1 Å². The molecule has 1 aromatic carbocycles. The molecule has 0 atom stereocenters. The van der Waals surface area contributed by atoms with E-state index in [1.165, 1.54) is 6.92 Å². The average Bonchev–Trinajstić information content (AvgIpc) is 2.16. The standard InChI is InChI=1S/C10H8F2O4/c1-2-16-10(15)9(14)8-6(11)3-5(13)4-7(8)12/h3-4,13H,2H2,1H3. The first-order chi connectivity index (χ1) is 7.47. The van der Waals surface area contributed by atoms with Crippen molar-refractivity contribution >= 4 is 11.8 Å². The van der Waals surface area contributed by atoms with Crippen molar-refractivity contribution in [3.8, 4) is 5.75 Å². The third-order valence-electron chi connectivity index (χ3n) is 1.71. The van der Waals surface area contributed by atoms with Crippen LogP contribution in [0.5, 0.6) is 5.75 Å². The second kappa shape index (κ2) is 4.69. The van der Waals surface area contributed by atoms with Gasteiger partial charge in [0.25, 0.3) is 5.78 Å². The second-order valence-corrected chi connectivity index (χ2v) is 2.83. The van der Waals surface area contributed by atoms with E-state index in [2.05, 4.69) is 4.74 Å². The molecule has 0 aromatic heterocycles. The van der Waals surface area contributed by atoms with Crippen LogP contribution in [0.4, 0.5) is 8.78 Å². The number of hydrogen-bond acceptors (Lipinski definition) is 4. The predicted molar refractivity (Wildman–Crippen MR) is 49.0 cm³/mol. The number of carbonyl (C=O) groups is 2. The molecule has 0 fully saturated rings. The van der Waals surface area contributed by atoms with Gasteiger partial charge < -0.3 is 9.84 Å². The van der Waals surface area contributed by atoms with Crippen LogP contribution in [0.15, 0.2) is 12.1 Å². The van der Waals surface area contributed by atoms with Crippen molar-refractivity contribution in [2.75, 3.05) is 6.61 Å². The molecular formula is C10H8F2O4. The number of ketones is 1. The predicted octanol–water partition coefficient (Wildman–Crippen LogP) is 1.42. The number of Topliss-reactive ketones (excluding diaryl/α,β-unsaturated/α-hetero) is 1. The van der Waals surface area contributed by atoms with Crippen LogP contribution < -0.4 is 0 Å². The van der Waals surface area contributed by atoms with Crippen LogP contribution in [0.2, 0.25) is 0 Å². The molecule has 0 bridgehead atoms. The van der Waals surface area contributed by atoms with Gasteiger partial charge in [-0.3, -0.25) is 4.79 Å². The number of esters is 1. The maximum Gasteiger partial charge on any atom is 0.379 e. The van der Waals surface area contributed by atoms with Crippen LogP contribution in [-0.2, 0) is 9.53 Å². The number of carbonyl (C=O) groups excluding carboxylic acids is 2. The van der Waals surface area contributed by atoms with Crippen LogP contribution in [0, 0.1) is 11.6 Å². The third-order valence-corrected chi connectivity index (χ3v) is 1.71. The number of phenolic OH excluding ortho intramolecular Hbond substituents is 1. The van der Waals surface area contributed by atoms with Gasteiger partial charge in [-0.05, 0) is 6.92 Å². The first-order valence-corrected chi connectivity index (χ1v) is 4.36. The molecule has 0 saturated carbocycles. The normalized spacial score (nSPS) is 9.94. The number of ether oxygens (including phenoxy) is 1. The molecule has 0 unspecified atom stereocenters. The summed E-state index contributed by atoms with van der Waals surface area (Å²) in [5.41, 5.74) is -1.03. The van der Waals surface area contributed by atoms with Crippen molar-refractivity contribution in [3.63, 3.8) is 0 Å². The van der Waals surface area contributed by atoms with Crippen molar-refractivity contribution < 1.29 is 28.2 Å². The van der Waals surface area contributed by atoms with Crippen LogP contribution >= 0.6 is 0 Å². The Bertz CT molecular complexity index is 419. The fourth-order valence-corrected chi connectivity index (χ4v) is 1.08. The molecule has 16 heavy (non-hydrogen) atoms. The molecule has 4 nitrogen and oxygen atoms in total. The largest absolute Gasteiger partial charge is 0.508 e. The lowest BCUT2D eigenvalue weighted by Gasteiger charge is -2.04. The number of halogens is 2. The van der Waals surface area contributed by atoms with Crippen molar-refractivity contribution in [3.05, 3.63) is 29.3 Å². The van der Waals surface area contributed by atoms with E-state index in [0.717, 1.165) is 0 Å². The molecule has 0 radical (unpaired) electrons. The van der Waals surface area contributed by atoms with E-state index in [-0.39, 0.29) is 6.61 Å². The van der Waals surface area contributed by atoms with E-state index in [4.69, 9.17) is 5.11 Å². The van der Waals surface area contributed by atoms with Gasteiger partial charge in [0.05, 0.1) is 6.61 Å². The molecule has 0 spiro atoms. The Kier molecular flexibility index (Phi) is 3.55. The summed E-state index contributed by atoms with van der Waals surface area (Å²) in [6.07, 6.45) is 0. The van der Waals surface area contributed by atoms with E-state index in [1.54, 1.807) is 0 Å². The number of aromatic hydroxyl groups is 1. The molecule has 1 N–H and O–H groups in total. The number of benzene rings is 1. The lowest BCUT2D eigenvalue weighted by molar-refractivity contribution is -0.137. The van der Waals surface area contributed by atoms with Gasteiger partial charge in [0.15, 0.2) is 0 Å². The molecule has 6 heteroatoms. The summed E-state index contributed by atoms with van der Waals surface area (Å²) in [6, 6.07) is 1.07. The quantitative estimate of drug-likeness (QED) is 0.484. The Morgan fingerprint density at radius 1 is 1.31 bits per heavy atom. The molecule has 0 saturated heterocycles. The SMILES string of the molecule is CCOC(=O)C(=O)c1c(F)cc(O)cc1F. The van der Waals surface area contributed by atoms with E-state index in [1.807, 2.05) is 0 Å². The first kappa shape index (κ1) is 12.1. The molecule has 86 valence electrons. The summed E-state index contributed by atoms with van der Waals surface area (Å²) < 4.78 is 30.6. The Labute approximate surface area is 89.5 Å². The molecule has 0 aliphatic carbocycles. The van der Waals surface area contributed by atoms with E-state index in [9.17, 15) is 18.4 Å². The molecule has 1 rings (SSSR count). The van der Waals surface area contributed by atoms with Crippen molar-refractivity contribution in [1.29, 1.82) is 0 Å². The minimum absolute atomic E-state index is 0.0775. The van der Waals surface area contributed by atoms with Crippen LogP contribution in [-0.4, -0.2) is 23.5 Å². The third kappa shape index (κ3) is 2.33. The average molecular weight is 230 g/mol. The summed E-state index contributed by atoms with van der Waals surface area (Å²) in [6.45, 7) is 1.38. The molecule has 0 heterocycles. The summed E-state index contributed by atoms with van der Waals surface area (Å²) in [5, 5.41) is 8.83. The first-order valence-electron chi connectivity index (χ1n) is 4.36. The topological polar surface area (TPSA) is 63.6 Å². The Morgan fingerprint density at radius 2 is 1.81 bits per heavy atom. The zero-order chi connectivity index (χ0) is 12.3. The summed E-state index contributed by atoms with van der Waals surface area (Å²) in [5.74, 6) is -6.05. The van der Waals surface area contributed by atoms with E-state index in [0.29, 0.717) is 12.1 Å². The van der Waals surface area contributed by atoms with Gasteiger partial charge in [-0.1, -0.05) is 0 Å². The van der Waals surface area contributed by atoms with Gasteiger partial charge in [-0.2, -0.15) is 0 Å². The number of phenols is 1. The smallest absolute Gasteiger partial charge is 0.379 e. The number of hydrogen-bond donors (Lipinski definition) is 1. The maximum absolute atomic E-state index is 13.1. The summed E-state index contributed by atoms with van der Waals surface area (Å²) >= 11 is 0. The molecular weight excluding hydrogens is 222 g/mol. The van der Waals surface area contributed by atoms with E-state index < -0.39 is 34.7 Å². The summed E-state index contributed by atoms with van der Waals surface area (Å²) in [7, 11) is 0. The highest BCUT2D eigenvalue weighted by molar-refractivity contribution is 6.40. The lowest BCUT2D eigenvalue weighted by atomic mass is 10.1. The van der Waals surface area contributed by atoms with Gasteiger partial charge in [-0.15, -0.1) is 0 Å². The monoisotopic (exact) mass is 230 g/mol. The Morgan fingerprint density at radius 3 is 2.25 bits per heavy atom. The van der Waals surface area contributed by atoms with Crippen molar-refractivity contribution in [2.45, 2.75) is 6.92 Å². The van der Waals surface area contributed by atoms with E-state index >= 15 is 0 Å². The summed E-state index contributed by atoms with van der Waals surface area (Å²) in [4.78, 5) is 22.2. The molecule has 0 amide bonds. The molecule has 1 aromatic rings. The highest BCUT2D eigenvalue weighted by Gasteiger charge is 2.25. The molecule has 0 aliphatic heterocycles. The van der Waals surface area contributed by atoms with Gasteiger partial charge in [0.1, 0.15) is 22.9 Å². The highest BCUT2D eigenvalue weighted by Crippen LogP contribution is 2.20. The highest BCUT2D eigenvalue weighted by atomic mass is 19.1. The Hall–Kier alpha value is -1.98. The van der Waals surface area contributed by atoms with Crippen LogP contribution in [0.3, 0.4) is 0 Å². The van der Waals surface area contributed by atoms with Gasteiger partial charge in [-0.25, -0.2) is 13.6 Å². The fourth-order valence-electron chi connectivity index (χ4n) is 1.08. The minimum Gasteiger partial charge on any atom is -0.508 e. The minimum atomic E-state index is -1.42. The van der Waals surface area contributed by atoms with Crippen LogP contribution in [0.1, 0.15) is 17.3 Å². The maximum atomic E-state index is 13.1. The second-order valence-electron chi connectivity index (χ2n) is 2.83. The lowest BCUT2D eigenvalue weighted by Crippen LogP contribution is -2.20. The van der Waals surface area contributed by atoms with Crippen molar-refractivity contribution in [2.24, 2.45) is 0 Å².